The Bertz CT molecular complexity index is 436. The van der Waals surface area contributed by atoms with E-state index < -0.39 is 0 Å². The van der Waals surface area contributed by atoms with Gasteiger partial charge in [-0.2, -0.15) is 0 Å². The number of carbonyl (C=O) groups excluding carboxylic acids is 1. The third-order valence-corrected chi connectivity index (χ3v) is 3.97. The predicted octanol–water partition coefficient (Wildman–Crippen LogP) is 2.02. The smallest absolute Gasteiger partial charge is 0.249 e. The number of nitrogens with two attached hydrogens (primary N) is 1. The van der Waals surface area contributed by atoms with Gasteiger partial charge in [-0.3, -0.25) is 4.79 Å². The summed E-state index contributed by atoms with van der Waals surface area (Å²) in [5, 5.41) is 3.15. The van der Waals surface area contributed by atoms with E-state index in [1.54, 1.807) is 0 Å². The Morgan fingerprint density at radius 1 is 1.38 bits per heavy atom. The molecule has 1 saturated heterocycles. The fourth-order valence-corrected chi connectivity index (χ4v) is 2.84. The van der Waals surface area contributed by atoms with Gasteiger partial charge < -0.3 is 15.8 Å². The Labute approximate surface area is 127 Å². The largest absolute Gasteiger partial charge is 0.364 e. The first-order chi connectivity index (χ1) is 10.2. The number of hydrogen-bond donors (Lipinski definition) is 2. The molecule has 1 heterocycles. The van der Waals surface area contributed by atoms with Crippen molar-refractivity contribution in [3.8, 4) is 0 Å². The third kappa shape index (κ3) is 4.83. The van der Waals surface area contributed by atoms with Crippen molar-refractivity contribution >= 4 is 5.91 Å². The Kier molecular flexibility index (Phi) is 6.21. The van der Waals surface area contributed by atoms with Crippen LogP contribution in [-0.2, 0) is 16.0 Å². The molecule has 1 aromatic carbocycles. The average Bonchev–Trinajstić information content (AvgIpc) is 2.97. The average molecular weight is 290 g/mol. The van der Waals surface area contributed by atoms with Gasteiger partial charge in [-0.1, -0.05) is 43.7 Å². The summed E-state index contributed by atoms with van der Waals surface area (Å²) in [5.74, 6) is 0.0142. The van der Waals surface area contributed by atoms with Gasteiger partial charge in [0.05, 0.1) is 6.10 Å². The van der Waals surface area contributed by atoms with Crippen molar-refractivity contribution in [2.45, 2.75) is 57.3 Å². The summed E-state index contributed by atoms with van der Waals surface area (Å²) in [6.07, 6.45) is 4.27. The molecule has 3 N–H and O–H groups in total. The van der Waals surface area contributed by atoms with Crippen molar-refractivity contribution in [2.24, 2.45) is 5.73 Å². The van der Waals surface area contributed by atoms with E-state index in [2.05, 4.69) is 24.4 Å². The first-order valence-electron chi connectivity index (χ1n) is 7.92. The Morgan fingerprint density at radius 2 is 2.14 bits per heavy atom. The fourth-order valence-electron chi connectivity index (χ4n) is 2.84. The lowest BCUT2D eigenvalue weighted by Crippen LogP contribution is -2.42. The van der Waals surface area contributed by atoms with Gasteiger partial charge in [-0.15, -0.1) is 0 Å². The van der Waals surface area contributed by atoms with Gasteiger partial charge in [0, 0.05) is 12.6 Å². The Balaban J connectivity index is 1.88. The van der Waals surface area contributed by atoms with E-state index in [1.165, 1.54) is 5.56 Å². The van der Waals surface area contributed by atoms with Crippen LogP contribution in [0.5, 0.6) is 0 Å². The molecule has 2 rings (SSSR count). The second-order valence-electron chi connectivity index (χ2n) is 5.74. The standard InChI is InChI=1S/C17H26N2O2/c1-2-6-14(11-13-7-4-3-5-8-13)19-17(20)16-10-9-15(12-18)21-16/h3-5,7-8,14-16H,2,6,9-12,18H2,1H3,(H,19,20)/t14?,15-,16+/m1/s1. The molecule has 0 radical (unpaired) electrons. The molecule has 1 aromatic rings. The number of benzene rings is 1. The molecule has 0 aliphatic carbocycles. The lowest BCUT2D eigenvalue weighted by Gasteiger charge is -2.21. The maximum Gasteiger partial charge on any atom is 0.249 e. The summed E-state index contributed by atoms with van der Waals surface area (Å²) >= 11 is 0. The summed E-state index contributed by atoms with van der Waals surface area (Å²) in [5.41, 5.74) is 6.84. The van der Waals surface area contributed by atoms with E-state index in [0.29, 0.717) is 6.54 Å². The van der Waals surface area contributed by atoms with Crippen LogP contribution in [0.4, 0.5) is 0 Å². The number of ether oxygens (including phenoxy) is 1. The van der Waals surface area contributed by atoms with Gasteiger partial charge in [0.25, 0.3) is 0 Å². The van der Waals surface area contributed by atoms with Crippen molar-refractivity contribution in [1.82, 2.24) is 5.32 Å². The van der Waals surface area contributed by atoms with E-state index in [9.17, 15) is 4.79 Å². The van der Waals surface area contributed by atoms with Gasteiger partial charge in [0.15, 0.2) is 0 Å². The molecular formula is C17H26N2O2. The fraction of sp³-hybridized carbons (Fsp3) is 0.588. The van der Waals surface area contributed by atoms with Crippen molar-refractivity contribution in [2.75, 3.05) is 6.54 Å². The molecule has 0 saturated carbocycles. The zero-order valence-corrected chi connectivity index (χ0v) is 12.8. The number of nitrogens with one attached hydrogen (secondary N) is 1. The van der Waals surface area contributed by atoms with Crippen LogP contribution in [0, 0.1) is 0 Å². The highest BCUT2D eigenvalue weighted by Gasteiger charge is 2.30. The van der Waals surface area contributed by atoms with E-state index in [0.717, 1.165) is 32.1 Å². The summed E-state index contributed by atoms with van der Waals surface area (Å²) in [6, 6.07) is 10.5. The van der Waals surface area contributed by atoms with Crippen LogP contribution in [0.25, 0.3) is 0 Å². The van der Waals surface area contributed by atoms with Gasteiger partial charge >= 0.3 is 0 Å². The SMILES string of the molecule is CCCC(Cc1ccccc1)NC(=O)[C@@H]1CC[C@H](CN)O1. The molecule has 0 bridgehead atoms. The van der Waals surface area contributed by atoms with Gasteiger partial charge in [0.2, 0.25) is 5.91 Å². The van der Waals surface area contributed by atoms with Crippen molar-refractivity contribution in [3.63, 3.8) is 0 Å². The number of carbonyl (C=O) groups is 1. The zero-order chi connectivity index (χ0) is 15.1. The van der Waals surface area contributed by atoms with Crippen LogP contribution >= 0.6 is 0 Å². The first kappa shape index (κ1) is 16.0. The molecule has 1 amide bonds. The molecule has 1 unspecified atom stereocenters. The predicted molar refractivity (Wildman–Crippen MR) is 83.9 cm³/mol. The third-order valence-electron chi connectivity index (χ3n) is 3.97. The quantitative estimate of drug-likeness (QED) is 0.807. The monoisotopic (exact) mass is 290 g/mol. The minimum atomic E-state index is -0.325. The van der Waals surface area contributed by atoms with Crippen LogP contribution in [0.2, 0.25) is 0 Å². The zero-order valence-electron chi connectivity index (χ0n) is 12.8. The molecule has 1 aliphatic rings. The normalized spacial score (nSPS) is 23.0. The number of hydrogen-bond acceptors (Lipinski definition) is 3. The highest BCUT2D eigenvalue weighted by molar-refractivity contribution is 5.81. The molecule has 0 spiro atoms. The lowest BCUT2D eigenvalue weighted by molar-refractivity contribution is -0.132. The van der Waals surface area contributed by atoms with Gasteiger partial charge in [-0.25, -0.2) is 0 Å². The Morgan fingerprint density at radius 3 is 2.76 bits per heavy atom. The highest BCUT2D eigenvalue weighted by atomic mass is 16.5. The lowest BCUT2D eigenvalue weighted by atomic mass is 10.0. The van der Waals surface area contributed by atoms with Crippen LogP contribution in [0.3, 0.4) is 0 Å². The molecular weight excluding hydrogens is 264 g/mol. The topological polar surface area (TPSA) is 64.4 Å². The van der Waals surface area contributed by atoms with Gasteiger partial charge in [-0.05, 0) is 31.2 Å². The van der Waals surface area contributed by atoms with Crippen molar-refractivity contribution in [3.05, 3.63) is 35.9 Å². The van der Waals surface area contributed by atoms with Crippen LogP contribution in [0.15, 0.2) is 30.3 Å². The van der Waals surface area contributed by atoms with Gasteiger partial charge in [0.1, 0.15) is 6.10 Å². The summed E-state index contributed by atoms with van der Waals surface area (Å²) in [6.45, 7) is 2.63. The van der Waals surface area contributed by atoms with E-state index >= 15 is 0 Å². The van der Waals surface area contributed by atoms with E-state index in [1.807, 2.05) is 18.2 Å². The number of amides is 1. The summed E-state index contributed by atoms with van der Waals surface area (Å²) in [4.78, 5) is 12.3. The molecule has 116 valence electrons. The molecule has 4 heteroatoms. The molecule has 1 fully saturated rings. The molecule has 21 heavy (non-hydrogen) atoms. The minimum Gasteiger partial charge on any atom is -0.364 e. The molecule has 4 nitrogen and oxygen atoms in total. The second kappa shape index (κ2) is 8.15. The van der Waals surface area contributed by atoms with E-state index in [4.69, 9.17) is 10.5 Å². The number of rotatable bonds is 7. The van der Waals surface area contributed by atoms with Crippen LogP contribution in [-0.4, -0.2) is 30.7 Å². The minimum absolute atomic E-state index is 0.0142. The maximum absolute atomic E-state index is 12.3. The first-order valence-corrected chi connectivity index (χ1v) is 7.92. The van der Waals surface area contributed by atoms with Crippen molar-refractivity contribution in [1.29, 1.82) is 0 Å². The van der Waals surface area contributed by atoms with E-state index in [-0.39, 0.29) is 24.2 Å². The Hall–Kier alpha value is -1.39. The maximum atomic E-state index is 12.3. The van der Waals surface area contributed by atoms with Crippen molar-refractivity contribution < 1.29 is 9.53 Å². The van der Waals surface area contributed by atoms with Crippen LogP contribution < -0.4 is 11.1 Å². The second-order valence-corrected chi connectivity index (χ2v) is 5.74. The highest BCUT2D eigenvalue weighted by Crippen LogP contribution is 2.19. The molecule has 0 aromatic heterocycles. The summed E-state index contributed by atoms with van der Waals surface area (Å²) in [7, 11) is 0. The van der Waals surface area contributed by atoms with Crippen LogP contribution in [0.1, 0.15) is 38.2 Å². The molecule has 1 aliphatic heterocycles. The molecule has 3 atom stereocenters. The summed E-state index contributed by atoms with van der Waals surface area (Å²) < 4.78 is 5.66.